The number of benzene rings is 1. The molecule has 112 valence electrons. The molecule has 9 heteroatoms. The maximum atomic E-state index is 12.1. The maximum absolute atomic E-state index is 12.1. The number of amides is 1. The summed E-state index contributed by atoms with van der Waals surface area (Å²) in [6.45, 7) is -1.75. The van der Waals surface area contributed by atoms with Gasteiger partial charge < -0.3 is 10.6 Å². The van der Waals surface area contributed by atoms with Crippen LogP contribution >= 0.6 is 11.8 Å². The summed E-state index contributed by atoms with van der Waals surface area (Å²) < 4.78 is 59.6. The Balaban J connectivity index is 2.38. The van der Waals surface area contributed by atoms with E-state index in [1.807, 2.05) is 5.32 Å². The van der Waals surface area contributed by atoms with Crippen molar-refractivity contribution in [1.29, 1.82) is 0 Å². The number of hydrogen-bond donors (Lipinski definition) is 2. The zero-order valence-corrected chi connectivity index (χ0v) is 10.8. The Hall–Kier alpha value is -1.35. The third-order valence-electron chi connectivity index (χ3n) is 1.97. The zero-order valence-electron chi connectivity index (χ0n) is 10.0. The minimum absolute atomic E-state index is 0.322. The third kappa shape index (κ3) is 7.29. The number of carbonyl (C=O) groups excluding carboxylic acids is 1. The summed E-state index contributed by atoms with van der Waals surface area (Å²) in [7, 11) is 0. The molecule has 0 aliphatic rings. The van der Waals surface area contributed by atoms with Gasteiger partial charge in [0.15, 0.2) is 0 Å². The van der Waals surface area contributed by atoms with Crippen molar-refractivity contribution in [3.63, 3.8) is 0 Å². The van der Waals surface area contributed by atoms with Crippen LogP contribution in [0.1, 0.15) is 0 Å². The van der Waals surface area contributed by atoms with Crippen LogP contribution in [0.25, 0.3) is 0 Å². The van der Waals surface area contributed by atoms with Crippen molar-refractivity contribution in [2.45, 2.75) is 16.8 Å². The number of alkyl halides is 5. The largest absolute Gasteiger partial charge is 0.401 e. The summed E-state index contributed by atoms with van der Waals surface area (Å²) in [5, 5.41) is 4.29. The first-order chi connectivity index (χ1) is 9.26. The Labute approximate surface area is 115 Å². The smallest absolute Gasteiger partial charge is 0.325 e. The van der Waals surface area contributed by atoms with Gasteiger partial charge in [-0.1, -0.05) is 11.8 Å². The Morgan fingerprint density at radius 3 is 2.30 bits per heavy atom. The van der Waals surface area contributed by atoms with E-state index in [1.165, 1.54) is 24.3 Å². The SMILES string of the molecule is O=C(CNCC(F)(F)F)Nc1ccc(SC(F)F)cc1. The van der Waals surface area contributed by atoms with Gasteiger partial charge in [-0.2, -0.15) is 22.0 Å². The highest BCUT2D eigenvalue weighted by atomic mass is 32.2. The molecule has 0 aromatic heterocycles. The van der Waals surface area contributed by atoms with Gasteiger partial charge in [-0.15, -0.1) is 0 Å². The van der Waals surface area contributed by atoms with E-state index in [9.17, 15) is 26.7 Å². The van der Waals surface area contributed by atoms with Crippen LogP contribution in [0, 0.1) is 0 Å². The average Bonchev–Trinajstić information content (AvgIpc) is 2.29. The lowest BCUT2D eigenvalue weighted by Crippen LogP contribution is -2.35. The second-order valence-corrected chi connectivity index (χ2v) is 4.73. The summed E-state index contributed by atoms with van der Waals surface area (Å²) in [5.74, 6) is -3.19. The summed E-state index contributed by atoms with van der Waals surface area (Å²) in [6.07, 6.45) is -4.38. The highest BCUT2D eigenvalue weighted by Gasteiger charge is 2.26. The van der Waals surface area contributed by atoms with Crippen LogP contribution < -0.4 is 10.6 Å². The van der Waals surface area contributed by atoms with Crippen molar-refractivity contribution in [3.05, 3.63) is 24.3 Å². The predicted molar refractivity (Wildman–Crippen MR) is 65.9 cm³/mol. The van der Waals surface area contributed by atoms with Crippen LogP contribution in [-0.2, 0) is 4.79 Å². The molecule has 1 aromatic carbocycles. The summed E-state index contributed by atoms with van der Waals surface area (Å²) in [5.41, 5.74) is 0.322. The second-order valence-electron chi connectivity index (χ2n) is 3.67. The number of anilines is 1. The van der Waals surface area contributed by atoms with Crippen molar-refractivity contribution in [3.8, 4) is 0 Å². The van der Waals surface area contributed by atoms with Crippen LogP contribution in [0.15, 0.2) is 29.2 Å². The number of thioether (sulfide) groups is 1. The minimum Gasteiger partial charge on any atom is -0.325 e. The first kappa shape index (κ1) is 16.7. The molecule has 3 nitrogen and oxygen atoms in total. The minimum atomic E-state index is -4.38. The van der Waals surface area contributed by atoms with E-state index in [4.69, 9.17) is 0 Å². The van der Waals surface area contributed by atoms with E-state index in [0.717, 1.165) is 0 Å². The monoisotopic (exact) mass is 314 g/mol. The fraction of sp³-hybridized carbons (Fsp3) is 0.364. The molecule has 0 atom stereocenters. The molecule has 0 spiro atoms. The topological polar surface area (TPSA) is 41.1 Å². The fourth-order valence-electron chi connectivity index (χ4n) is 1.24. The van der Waals surface area contributed by atoms with Gasteiger partial charge in [0.1, 0.15) is 0 Å². The molecule has 0 saturated heterocycles. The Bertz CT molecular complexity index is 435. The van der Waals surface area contributed by atoms with Crippen molar-refractivity contribution in [2.24, 2.45) is 0 Å². The molecule has 1 aromatic rings. The molecule has 0 heterocycles. The van der Waals surface area contributed by atoms with E-state index in [-0.39, 0.29) is 0 Å². The second kappa shape index (κ2) is 7.44. The number of carbonyl (C=O) groups is 1. The first-order valence-corrected chi connectivity index (χ1v) is 6.26. The number of halogens is 5. The number of nitrogens with one attached hydrogen (secondary N) is 2. The molecule has 0 aliphatic heterocycles. The molecule has 0 unspecified atom stereocenters. The lowest BCUT2D eigenvalue weighted by atomic mass is 10.3. The molecular formula is C11H11F5N2OS. The van der Waals surface area contributed by atoms with Gasteiger partial charge in [-0.3, -0.25) is 4.79 Å². The highest BCUT2D eigenvalue weighted by molar-refractivity contribution is 7.99. The molecule has 1 amide bonds. The Morgan fingerprint density at radius 1 is 1.20 bits per heavy atom. The quantitative estimate of drug-likeness (QED) is 0.626. The maximum Gasteiger partial charge on any atom is 0.401 e. The van der Waals surface area contributed by atoms with Gasteiger partial charge >= 0.3 is 6.18 Å². The summed E-state index contributed by atoms with van der Waals surface area (Å²) in [4.78, 5) is 11.6. The van der Waals surface area contributed by atoms with E-state index < -0.39 is 30.9 Å². The van der Waals surface area contributed by atoms with Gasteiger partial charge in [-0.25, -0.2) is 0 Å². The van der Waals surface area contributed by atoms with Crippen molar-refractivity contribution < 1.29 is 26.7 Å². The Kier molecular flexibility index (Phi) is 6.21. The molecule has 2 N–H and O–H groups in total. The molecule has 0 saturated carbocycles. The molecule has 20 heavy (non-hydrogen) atoms. The van der Waals surface area contributed by atoms with Gasteiger partial charge in [0.2, 0.25) is 5.91 Å². The molecule has 0 aliphatic carbocycles. The molecule has 1 rings (SSSR count). The normalized spacial score (nSPS) is 11.7. The summed E-state index contributed by atoms with van der Waals surface area (Å²) in [6, 6.07) is 5.56. The predicted octanol–water partition coefficient (Wildman–Crippen LogP) is 3.09. The molecule has 0 bridgehead atoms. The van der Waals surface area contributed by atoms with Crippen molar-refractivity contribution in [2.75, 3.05) is 18.4 Å². The van der Waals surface area contributed by atoms with Crippen LogP contribution in [0.5, 0.6) is 0 Å². The lowest BCUT2D eigenvalue weighted by Gasteiger charge is -2.09. The molecule has 0 radical (unpaired) electrons. The van der Waals surface area contributed by atoms with Crippen LogP contribution in [-0.4, -0.2) is 30.9 Å². The van der Waals surface area contributed by atoms with Gasteiger partial charge in [-0.05, 0) is 24.3 Å². The highest BCUT2D eigenvalue weighted by Crippen LogP contribution is 2.26. The van der Waals surface area contributed by atoms with E-state index in [0.29, 0.717) is 22.3 Å². The summed E-state index contributed by atoms with van der Waals surface area (Å²) >= 11 is 0.359. The van der Waals surface area contributed by atoms with Crippen LogP contribution in [0.3, 0.4) is 0 Å². The van der Waals surface area contributed by atoms with Crippen LogP contribution in [0.4, 0.5) is 27.6 Å². The van der Waals surface area contributed by atoms with Crippen LogP contribution in [0.2, 0.25) is 0 Å². The van der Waals surface area contributed by atoms with Gasteiger partial charge in [0.25, 0.3) is 5.76 Å². The fourth-order valence-corrected chi connectivity index (χ4v) is 1.74. The lowest BCUT2D eigenvalue weighted by molar-refractivity contribution is -0.126. The Morgan fingerprint density at radius 2 is 1.80 bits per heavy atom. The van der Waals surface area contributed by atoms with Crippen molar-refractivity contribution in [1.82, 2.24) is 5.32 Å². The van der Waals surface area contributed by atoms with Gasteiger partial charge in [0, 0.05) is 10.6 Å². The zero-order chi connectivity index (χ0) is 15.2. The third-order valence-corrected chi connectivity index (χ3v) is 2.70. The van der Waals surface area contributed by atoms with Gasteiger partial charge in [0.05, 0.1) is 13.1 Å². The standard InChI is InChI=1S/C11H11F5N2OS/c12-10(13)20-8-3-1-7(2-4-8)18-9(19)5-17-6-11(14,15)16/h1-4,10,17H,5-6H2,(H,18,19). The number of rotatable bonds is 6. The average molecular weight is 314 g/mol. The van der Waals surface area contributed by atoms with E-state index >= 15 is 0 Å². The number of hydrogen-bond acceptors (Lipinski definition) is 3. The van der Waals surface area contributed by atoms with Crippen molar-refractivity contribution >= 4 is 23.4 Å². The van der Waals surface area contributed by atoms with E-state index in [1.54, 1.807) is 0 Å². The molecular weight excluding hydrogens is 303 g/mol. The van der Waals surface area contributed by atoms with E-state index in [2.05, 4.69) is 5.32 Å². The first-order valence-electron chi connectivity index (χ1n) is 5.38. The molecule has 0 fully saturated rings.